The summed E-state index contributed by atoms with van der Waals surface area (Å²) in [6.07, 6.45) is -8.01. The summed E-state index contributed by atoms with van der Waals surface area (Å²) in [5.41, 5.74) is 7.81. The molecule has 0 radical (unpaired) electrons. The molecule has 23 atom stereocenters. The topological polar surface area (TPSA) is 556 Å². The molecule has 3 aliphatic rings. The van der Waals surface area contributed by atoms with Crippen LogP contribution in [0.25, 0.3) is 0 Å². The zero-order chi connectivity index (χ0) is 84.2. The average Bonchev–Trinajstić information content (AvgIpc) is 0.757. The Bertz CT molecular complexity index is 3560. The molecule has 3 heterocycles. The fourth-order valence-corrected chi connectivity index (χ4v) is 12.9. The summed E-state index contributed by atoms with van der Waals surface area (Å²) in [7, 11) is 3.45. The van der Waals surface area contributed by atoms with Crippen LogP contribution < -0.4 is 64.1 Å². The first-order valence-corrected chi connectivity index (χ1v) is 36.9. The fraction of sp³-hybridized carbons (Fsp3) is 0.658. The number of fused-ring (bicyclic) bond motifs is 1. The van der Waals surface area contributed by atoms with Gasteiger partial charge in [-0.1, -0.05) is 90.0 Å². The number of carbonyl (C=O) groups is 13. The number of carbonyl (C=O) groups excluding carboxylic acids is 13. The first-order chi connectivity index (χ1) is 51.7. The smallest absolute Gasteiger partial charge is 0.332 e. The number of primary amides is 1. The zero-order valence-electron chi connectivity index (χ0n) is 65.7. The Morgan fingerprint density at radius 2 is 1.50 bits per heavy atom. The normalized spacial score (nSPS) is 28.3. The second-order valence-corrected chi connectivity index (χ2v) is 29.8. The van der Waals surface area contributed by atoms with E-state index in [-0.39, 0.29) is 30.2 Å². The number of nitrogens with two attached hydrogens (primary N) is 2. The van der Waals surface area contributed by atoms with E-state index in [1.165, 1.54) is 113 Å². The van der Waals surface area contributed by atoms with Crippen molar-refractivity contribution in [3.8, 4) is 5.75 Å². The van der Waals surface area contributed by atoms with Crippen molar-refractivity contribution in [2.24, 2.45) is 35.1 Å². The maximum atomic E-state index is 15.9. The minimum atomic E-state index is -2.44. The summed E-state index contributed by atoms with van der Waals surface area (Å²) in [6, 6.07) is -8.87. The van der Waals surface area contributed by atoms with Crippen molar-refractivity contribution in [3.63, 3.8) is 0 Å². The van der Waals surface area contributed by atoms with Crippen LogP contribution in [0.3, 0.4) is 0 Å². The molecule has 0 aromatic heterocycles. The Labute approximate surface area is 650 Å². The van der Waals surface area contributed by atoms with Gasteiger partial charge in [0.1, 0.15) is 95.9 Å². The lowest BCUT2D eigenvalue weighted by Crippen LogP contribution is -2.68. The minimum absolute atomic E-state index is 0.0139. The molecular formula is C73H114ClN13O24. The van der Waals surface area contributed by atoms with Gasteiger partial charge in [0.25, 0.3) is 11.8 Å². The molecular weight excluding hydrogens is 1480 g/mol. The predicted molar refractivity (Wildman–Crippen MR) is 398 cm³/mol. The van der Waals surface area contributed by atoms with E-state index in [1.54, 1.807) is 6.92 Å². The molecule has 37 nitrogen and oxygen atoms in total. The SMILES string of the molecule is C/C=C(\NC(=O)CNC(=O)C(C)(O)C(O)/C=C\C(C)=C\C(C)CC)C(=O)N[C@H](C(=O)N[C@H](C(=O)N[C@H]1C(=O)N[C@H](COC)C(=O)NCC(=O)N[C@@H](C)C(=O)N(C)[C@@H]([C@@H](C)O)C(=O)N[C@H]([C@H](OC)c2ccc(OC3O[C@@H](C)[C@H](O)[C@@H](O)[C@H]3O)cc2)C(=O)N2CC[C@H](Cl)C[C@@]2(C)C(=O)O[C@@H]1C(C)C)[C@@H](C)[C@@H](C)C(N)=O)[C@H](C)N. The van der Waals surface area contributed by atoms with Crippen LogP contribution in [-0.4, -0.2) is 279 Å². The molecule has 1 aromatic carbocycles. The maximum absolute atomic E-state index is 15.9. The molecule has 4 rings (SSSR count). The number of hydrogen-bond donors (Lipinski definition) is 17. The number of nitrogens with zero attached hydrogens (tertiary/aromatic N) is 2. The lowest BCUT2D eigenvalue weighted by Gasteiger charge is -2.47. The van der Waals surface area contributed by atoms with E-state index >= 15 is 19.2 Å². The highest BCUT2D eigenvalue weighted by molar-refractivity contribution is 6.21. The quantitative estimate of drug-likeness (QED) is 0.0164. The lowest BCUT2D eigenvalue weighted by atomic mass is 9.86. The van der Waals surface area contributed by atoms with E-state index < -0.39 is 246 Å². The van der Waals surface area contributed by atoms with Gasteiger partial charge in [0.15, 0.2) is 5.60 Å². The molecule has 0 aliphatic carbocycles. The number of aliphatic hydroxyl groups is 6. The van der Waals surface area contributed by atoms with E-state index in [1.807, 2.05) is 19.9 Å². The first kappa shape index (κ1) is 94.6. The average molecular weight is 1590 g/mol. The number of halogens is 1. The van der Waals surface area contributed by atoms with E-state index in [2.05, 4.69) is 47.9 Å². The Hall–Kier alpha value is -8.76. The summed E-state index contributed by atoms with van der Waals surface area (Å²) in [5, 5.41) is 85.2. The Morgan fingerprint density at radius 3 is 2.05 bits per heavy atom. The zero-order valence-corrected chi connectivity index (χ0v) is 66.5. The molecule has 19 N–H and O–H groups in total. The monoisotopic (exact) mass is 1590 g/mol. The summed E-state index contributed by atoms with van der Waals surface area (Å²) < 4.78 is 29.1. The number of hydrogen-bond acceptors (Lipinski definition) is 25. The van der Waals surface area contributed by atoms with Crippen molar-refractivity contribution in [1.82, 2.24) is 57.7 Å². The Kier molecular flexibility index (Phi) is 36.0. The number of ether oxygens (including phenoxy) is 5. The summed E-state index contributed by atoms with van der Waals surface area (Å²) >= 11 is 6.91. The van der Waals surface area contributed by atoms with Crippen molar-refractivity contribution >= 4 is 88.5 Å². The third kappa shape index (κ3) is 25.1. The second-order valence-electron chi connectivity index (χ2n) is 29.2. The molecule has 12 amide bonds. The summed E-state index contributed by atoms with van der Waals surface area (Å²) in [5.74, 6) is -18.3. The lowest BCUT2D eigenvalue weighted by molar-refractivity contribution is -0.268. The van der Waals surface area contributed by atoms with Gasteiger partial charge in [-0.2, -0.15) is 0 Å². The number of alkyl halides is 1. The van der Waals surface area contributed by atoms with Crippen molar-refractivity contribution in [1.29, 1.82) is 0 Å². The molecule has 1 aromatic rings. The van der Waals surface area contributed by atoms with E-state index in [0.29, 0.717) is 0 Å². The molecule has 38 heteroatoms. The van der Waals surface area contributed by atoms with Crippen molar-refractivity contribution < 1.29 is 117 Å². The predicted octanol–water partition coefficient (Wildman–Crippen LogP) is -4.05. The van der Waals surface area contributed by atoms with Crippen molar-refractivity contribution in [2.75, 3.05) is 47.5 Å². The van der Waals surface area contributed by atoms with Gasteiger partial charge >= 0.3 is 5.97 Å². The number of benzene rings is 1. The molecule has 3 aliphatic heterocycles. The highest BCUT2D eigenvalue weighted by Crippen LogP contribution is 2.37. The van der Waals surface area contributed by atoms with Gasteiger partial charge in [0.05, 0.1) is 31.9 Å². The number of piperidine rings is 1. The van der Waals surface area contributed by atoms with Crippen LogP contribution in [0, 0.1) is 23.7 Å². The number of methoxy groups -OCH3 is 2. The standard InChI is InChI=1S/C73H114ClN13O24/c1-18-34(5)28-35(6)20-25-47(89)73(14,106)70(104)78-31-49(91)80-45(19-2)62(97)83-51(38(9)75)64(99)82-50(36(7)37(8)60(76)95)63(98)84-52-58(33(3)4)111-71(105)72(13)29-43(74)26-27-87(72)68(103)53(59(108-17)42-21-23-44(24-22-42)110-69-57(94)56(93)55(92)41(12)109-69)85-66(101)54(40(11)88)86(15)67(102)39(10)79-48(90)30-77-61(96)46(32-107-16)81-65(52)100/h19-25,28,33-34,36-41,43,46-47,50-59,69,88-89,92-94,106H,18,26-27,29-32,75H2,1-17H3,(H2,76,95)(H,77,96)(H,78,104)(H,79,90)(H,80,91)(H,81,100)(H,82,99)(H,83,97)(H,84,98)(H,85,101)/b25-20-,35-28+,45-19-/t34?,36-,37+,38-,39-,40+,41-,43-,46+,47?,50-,51-,52+,53+,54-,55-,56+,57+,58+,59+,69?,72-,73?/m0/s1. The van der Waals surface area contributed by atoms with Gasteiger partial charge in [0.2, 0.25) is 65.4 Å². The third-order valence-electron chi connectivity index (χ3n) is 19.8. The molecule has 0 saturated carbocycles. The number of likely N-dealkylation sites (N-methyl/N-ethyl adjacent to an activating group) is 1. The number of amides is 12. The molecule has 3 fully saturated rings. The maximum Gasteiger partial charge on any atom is 0.332 e. The van der Waals surface area contributed by atoms with E-state index in [9.17, 15) is 73.8 Å². The largest absolute Gasteiger partial charge is 0.462 e. The number of allylic oxidation sites excluding steroid dienone is 4. The van der Waals surface area contributed by atoms with Gasteiger partial charge in [-0.15, -0.1) is 11.6 Å². The van der Waals surface area contributed by atoms with Crippen LogP contribution in [0.15, 0.2) is 59.8 Å². The van der Waals surface area contributed by atoms with Gasteiger partial charge < -0.3 is 123 Å². The fourth-order valence-electron chi connectivity index (χ4n) is 12.5. The summed E-state index contributed by atoms with van der Waals surface area (Å²) in [4.78, 5) is 189. The van der Waals surface area contributed by atoms with Gasteiger partial charge in [-0.05, 0) is 104 Å². The summed E-state index contributed by atoms with van der Waals surface area (Å²) in [6.45, 7) is 17.2. The highest BCUT2D eigenvalue weighted by Gasteiger charge is 2.54. The van der Waals surface area contributed by atoms with Crippen LogP contribution in [-0.2, 0) is 81.3 Å². The van der Waals surface area contributed by atoms with Crippen LogP contribution >= 0.6 is 11.6 Å². The van der Waals surface area contributed by atoms with Crippen LogP contribution in [0.4, 0.5) is 0 Å². The van der Waals surface area contributed by atoms with Crippen LogP contribution in [0.2, 0.25) is 0 Å². The van der Waals surface area contributed by atoms with Crippen molar-refractivity contribution in [2.45, 2.75) is 236 Å². The van der Waals surface area contributed by atoms with E-state index in [0.717, 1.165) is 49.0 Å². The van der Waals surface area contributed by atoms with E-state index in [4.69, 9.17) is 46.8 Å². The minimum Gasteiger partial charge on any atom is -0.462 e. The van der Waals surface area contributed by atoms with Crippen molar-refractivity contribution in [3.05, 3.63) is 65.4 Å². The van der Waals surface area contributed by atoms with Gasteiger partial charge in [-0.25, -0.2) is 4.79 Å². The number of nitrogens with one attached hydrogen (secondary N) is 9. The Morgan fingerprint density at radius 1 is 0.865 bits per heavy atom. The van der Waals surface area contributed by atoms with Crippen LogP contribution in [0.5, 0.6) is 5.75 Å². The molecule has 622 valence electrons. The molecule has 3 saturated heterocycles. The van der Waals surface area contributed by atoms with Gasteiger partial charge in [-0.3, -0.25) is 57.5 Å². The first-order valence-electron chi connectivity index (χ1n) is 36.5. The third-order valence-corrected chi connectivity index (χ3v) is 20.2. The number of esters is 1. The molecule has 111 heavy (non-hydrogen) atoms. The molecule has 0 bridgehead atoms. The second kappa shape index (κ2) is 42.2. The van der Waals surface area contributed by atoms with Gasteiger partial charge in [0, 0.05) is 45.1 Å². The number of aliphatic hydroxyl groups excluding tert-OH is 5. The number of cyclic esters (lactones) is 1. The Balaban J connectivity index is 1.86. The molecule has 0 spiro atoms. The highest BCUT2D eigenvalue weighted by atomic mass is 35.5. The molecule has 4 unspecified atom stereocenters. The van der Waals surface area contributed by atoms with Crippen LogP contribution in [0.1, 0.15) is 128 Å². The number of rotatable bonds is 28.